The van der Waals surface area contributed by atoms with Crippen molar-refractivity contribution in [1.82, 2.24) is 24.6 Å². The fraction of sp³-hybridized carbons (Fsp3) is 0.667. The van der Waals surface area contributed by atoms with E-state index in [1.54, 1.807) is 9.47 Å². The van der Waals surface area contributed by atoms with Crippen molar-refractivity contribution in [2.75, 3.05) is 18.4 Å². The predicted octanol–water partition coefficient (Wildman–Crippen LogP) is 2.80. The minimum Gasteiger partial charge on any atom is -0.324 e. The molecule has 3 atom stereocenters. The Bertz CT molecular complexity index is 880. The lowest BCUT2D eigenvalue weighted by molar-refractivity contribution is 0.183. The number of hydrogen-bond donors (Lipinski definition) is 2. The highest BCUT2D eigenvalue weighted by molar-refractivity contribution is 7.13. The highest BCUT2D eigenvalue weighted by Crippen LogP contribution is 2.52. The van der Waals surface area contributed by atoms with Gasteiger partial charge in [0.1, 0.15) is 6.33 Å². The second kappa shape index (κ2) is 6.78. The van der Waals surface area contributed by atoms with Crippen LogP contribution in [0.1, 0.15) is 56.2 Å². The fourth-order valence-electron chi connectivity index (χ4n) is 5.16. The maximum atomic E-state index is 12.6. The molecule has 0 spiro atoms. The monoisotopic (exact) mass is 388 g/mol. The summed E-state index contributed by atoms with van der Waals surface area (Å²) in [6, 6.07) is 0.00591. The van der Waals surface area contributed by atoms with Crippen LogP contribution in [0.5, 0.6) is 0 Å². The molecule has 3 heterocycles. The summed E-state index contributed by atoms with van der Waals surface area (Å²) >= 11 is 1.53. The Kier molecular flexibility index (Phi) is 4.26. The highest BCUT2D eigenvalue weighted by atomic mass is 32.1. The van der Waals surface area contributed by atoms with E-state index in [0.29, 0.717) is 24.1 Å². The predicted molar refractivity (Wildman–Crippen MR) is 102 cm³/mol. The zero-order chi connectivity index (χ0) is 18.4. The minimum atomic E-state index is -0.186. The number of likely N-dealkylation sites (tertiary alicyclic amines) is 1. The molecule has 2 bridgehead atoms. The van der Waals surface area contributed by atoms with Crippen LogP contribution in [0.4, 0.5) is 9.93 Å². The molecule has 0 radical (unpaired) electrons. The van der Waals surface area contributed by atoms with Gasteiger partial charge in [-0.3, -0.25) is 9.88 Å². The van der Waals surface area contributed by atoms with Gasteiger partial charge < -0.3 is 4.90 Å². The average molecular weight is 388 g/mol. The molecule has 2 saturated carbocycles. The van der Waals surface area contributed by atoms with Crippen LogP contribution in [0.3, 0.4) is 0 Å². The number of rotatable bonds is 3. The molecule has 2 aromatic heterocycles. The third-order valence-corrected chi connectivity index (χ3v) is 7.35. The largest absolute Gasteiger partial charge is 0.343 e. The standard InChI is InChI=1S/C18H24N6O2S/c25-17(23-5-3-13(4-6-23)24-10-19-22-18(24)26)21-16-20-15(9-27-16)14-8-11-1-2-12(14)7-11/h9-14H,1-8H2,(H,22,26)(H,20,21,25). The molecule has 8 nitrogen and oxygen atoms in total. The Hall–Kier alpha value is -2.16. The molecule has 1 saturated heterocycles. The Morgan fingerprint density at radius 3 is 2.74 bits per heavy atom. The van der Waals surface area contributed by atoms with Crippen molar-refractivity contribution in [2.45, 2.75) is 50.5 Å². The van der Waals surface area contributed by atoms with Crippen molar-refractivity contribution in [3.63, 3.8) is 0 Å². The first kappa shape index (κ1) is 17.0. The number of H-pyrrole nitrogens is 1. The summed E-state index contributed by atoms with van der Waals surface area (Å²) in [5.41, 5.74) is 0.981. The maximum Gasteiger partial charge on any atom is 0.343 e. The number of aromatic amines is 1. The Labute approximate surface area is 161 Å². The molecule has 3 fully saturated rings. The molecular formula is C18H24N6O2S. The third-order valence-electron chi connectivity index (χ3n) is 6.58. The van der Waals surface area contributed by atoms with Crippen molar-refractivity contribution in [3.05, 3.63) is 27.9 Å². The first-order valence-corrected chi connectivity index (χ1v) is 10.7. The zero-order valence-electron chi connectivity index (χ0n) is 15.1. The molecule has 27 heavy (non-hydrogen) atoms. The van der Waals surface area contributed by atoms with Gasteiger partial charge in [-0.05, 0) is 43.9 Å². The van der Waals surface area contributed by atoms with Crippen molar-refractivity contribution < 1.29 is 4.79 Å². The second-order valence-corrected chi connectivity index (χ2v) is 8.93. The first-order chi connectivity index (χ1) is 13.2. The minimum absolute atomic E-state index is 0.0955. The van der Waals surface area contributed by atoms with E-state index in [4.69, 9.17) is 4.98 Å². The number of urea groups is 1. The van der Waals surface area contributed by atoms with E-state index >= 15 is 0 Å². The SMILES string of the molecule is O=C(Nc1nc(C2CC3CCC2C3)cs1)N1CCC(n2cn[nH]c2=O)CC1. The van der Waals surface area contributed by atoms with Gasteiger partial charge in [0.25, 0.3) is 0 Å². The molecule has 9 heteroatoms. The number of aromatic nitrogens is 4. The Balaban J connectivity index is 1.17. The van der Waals surface area contributed by atoms with E-state index in [0.717, 1.165) is 24.7 Å². The van der Waals surface area contributed by atoms with Crippen LogP contribution in [0.15, 0.2) is 16.5 Å². The van der Waals surface area contributed by atoms with Gasteiger partial charge in [-0.2, -0.15) is 5.10 Å². The van der Waals surface area contributed by atoms with Crippen LogP contribution < -0.4 is 11.0 Å². The molecule has 3 unspecified atom stereocenters. The number of fused-ring (bicyclic) bond motifs is 2. The average Bonchev–Trinajstić information content (AvgIpc) is 3.46. The van der Waals surface area contributed by atoms with Crippen LogP contribution in [-0.4, -0.2) is 43.8 Å². The van der Waals surface area contributed by atoms with E-state index in [-0.39, 0.29) is 17.8 Å². The van der Waals surface area contributed by atoms with Crippen LogP contribution in [0, 0.1) is 11.8 Å². The molecule has 5 rings (SSSR count). The van der Waals surface area contributed by atoms with E-state index in [9.17, 15) is 9.59 Å². The van der Waals surface area contributed by atoms with Gasteiger partial charge in [-0.25, -0.2) is 19.7 Å². The van der Waals surface area contributed by atoms with Gasteiger partial charge in [0.15, 0.2) is 5.13 Å². The highest BCUT2D eigenvalue weighted by Gasteiger charge is 2.41. The molecule has 2 aromatic rings. The summed E-state index contributed by atoms with van der Waals surface area (Å²) in [6.45, 7) is 1.25. The summed E-state index contributed by atoms with van der Waals surface area (Å²) in [6.07, 6.45) is 8.39. The van der Waals surface area contributed by atoms with E-state index < -0.39 is 0 Å². The number of thiazole rings is 1. The van der Waals surface area contributed by atoms with Gasteiger partial charge in [0, 0.05) is 30.4 Å². The van der Waals surface area contributed by atoms with Crippen LogP contribution in [0.25, 0.3) is 0 Å². The topological polar surface area (TPSA) is 95.9 Å². The third kappa shape index (κ3) is 3.18. The van der Waals surface area contributed by atoms with Gasteiger partial charge in [0.05, 0.1) is 5.69 Å². The lowest BCUT2D eigenvalue weighted by Gasteiger charge is -2.31. The lowest BCUT2D eigenvalue weighted by atomic mass is 9.87. The van der Waals surface area contributed by atoms with Gasteiger partial charge in [-0.15, -0.1) is 11.3 Å². The summed E-state index contributed by atoms with van der Waals surface area (Å²) in [5, 5.41) is 12.0. The van der Waals surface area contributed by atoms with E-state index in [2.05, 4.69) is 20.9 Å². The van der Waals surface area contributed by atoms with Crippen molar-refractivity contribution in [3.8, 4) is 0 Å². The fourth-order valence-corrected chi connectivity index (χ4v) is 5.92. The summed E-state index contributed by atoms with van der Waals surface area (Å²) < 4.78 is 1.62. The molecule has 2 aliphatic carbocycles. The number of nitrogens with zero attached hydrogens (tertiary/aromatic N) is 4. The van der Waals surface area contributed by atoms with Crippen LogP contribution >= 0.6 is 11.3 Å². The number of nitrogens with one attached hydrogen (secondary N) is 2. The first-order valence-electron chi connectivity index (χ1n) is 9.80. The lowest BCUT2D eigenvalue weighted by Crippen LogP contribution is -2.42. The quantitative estimate of drug-likeness (QED) is 0.845. The van der Waals surface area contributed by atoms with Crippen LogP contribution in [0.2, 0.25) is 0 Å². The molecule has 0 aromatic carbocycles. The number of piperidine rings is 1. The van der Waals surface area contributed by atoms with Gasteiger partial charge in [-0.1, -0.05) is 6.42 Å². The Morgan fingerprint density at radius 2 is 2.07 bits per heavy atom. The number of anilines is 1. The molecular weight excluding hydrogens is 364 g/mol. The van der Waals surface area contributed by atoms with Crippen molar-refractivity contribution in [2.24, 2.45) is 11.8 Å². The summed E-state index contributed by atoms with van der Waals surface area (Å²) in [7, 11) is 0. The normalized spacial score (nSPS) is 28.0. The number of hydrogen-bond acceptors (Lipinski definition) is 5. The van der Waals surface area contributed by atoms with Gasteiger partial charge >= 0.3 is 11.7 Å². The second-order valence-electron chi connectivity index (χ2n) is 8.08. The zero-order valence-corrected chi connectivity index (χ0v) is 16.0. The smallest absolute Gasteiger partial charge is 0.324 e. The van der Waals surface area contributed by atoms with Crippen molar-refractivity contribution >= 4 is 22.5 Å². The number of amides is 2. The summed E-state index contributed by atoms with van der Waals surface area (Å²) in [4.78, 5) is 30.8. The maximum absolute atomic E-state index is 12.6. The molecule has 1 aliphatic heterocycles. The molecule has 144 valence electrons. The van der Waals surface area contributed by atoms with Crippen LogP contribution in [-0.2, 0) is 0 Å². The summed E-state index contributed by atoms with van der Waals surface area (Å²) in [5.74, 6) is 2.28. The molecule has 3 aliphatic rings. The molecule has 2 amide bonds. The number of carbonyl (C=O) groups is 1. The van der Waals surface area contributed by atoms with Crippen molar-refractivity contribution in [1.29, 1.82) is 0 Å². The number of carbonyl (C=O) groups excluding carboxylic acids is 1. The van der Waals surface area contributed by atoms with E-state index in [1.807, 2.05) is 0 Å². The van der Waals surface area contributed by atoms with E-state index in [1.165, 1.54) is 49.0 Å². The Morgan fingerprint density at radius 1 is 1.22 bits per heavy atom. The molecule has 2 N–H and O–H groups in total. The van der Waals surface area contributed by atoms with Gasteiger partial charge in [0.2, 0.25) is 0 Å².